The third-order valence-electron chi connectivity index (χ3n) is 6.06. The van der Waals surface area contributed by atoms with E-state index in [9.17, 15) is 9.59 Å². The van der Waals surface area contributed by atoms with Crippen molar-refractivity contribution in [1.29, 1.82) is 0 Å². The van der Waals surface area contributed by atoms with Crippen molar-refractivity contribution in [2.75, 3.05) is 13.2 Å². The van der Waals surface area contributed by atoms with Gasteiger partial charge in [-0.05, 0) is 44.6 Å². The van der Waals surface area contributed by atoms with E-state index < -0.39 is 0 Å². The summed E-state index contributed by atoms with van der Waals surface area (Å²) in [6.07, 6.45) is 5.97. The summed E-state index contributed by atoms with van der Waals surface area (Å²) in [4.78, 5) is 35.2. The van der Waals surface area contributed by atoms with Gasteiger partial charge in [0, 0.05) is 37.3 Å². The fraction of sp³-hybridized carbons (Fsp3) is 0.522. The molecule has 2 aliphatic rings. The molecule has 1 aromatic carbocycles. The first-order chi connectivity index (χ1) is 14.1. The van der Waals surface area contributed by atoms with E-state index >= 15 is 0 Å². The molecule has 0 aliphatic carbocycles. The van der Waals surface area contributed by atoms with E-state index in [1.165, 1.54) is 0 Å². The van der Waals surface area contributed by atoms with Crippen molar-refractivity contribution < 1.29 is 9.53 Å². The van der Waals surface area contributed by atoms with Gasteiger partial charge in [-0.1, -0.05) is 30.3 Å². The minimum absolute atomic E-state index is 0.102. The first-order valence-electron chi connectivity index (χ1n) is 10.7. The molecule has 0 bridgehead atoms. The number of carbonyl (C=O) groups excluding carboxylic acids is 1. The molecular weight excluding hydrogens is 366 g/mol. The number of aromatic nitrogens is 2. The van der Waals surface area contributed by atoms with Gasteiger partial charge in [0.1, 0.15) is 5.82 Å². The molecule has 3 heterocycles. The molecule has 2 fully saturated rings. The Morgan fingerprint density at radius 1 is 1.24 bits per heavy atom. The van der Waals surface area contributed by atoms with Crippen molar-refractivity contribution in [2.24, 2.45) is 0 Å². The van der Waals surface area contributed by atoms with Crippen molar-refractivity contribution in [2.45, 2.75) is 64.0 Å². The number of hydrogen-bond acceptors (Lipinski definition) is 4. The van der Waals surface area contributed by atoms with Gasteiger partial charge in [0.05, 0.1) is 12.1 Å². The molecule has 2 aromatic rings. The molecule has 2 saturated heterocycles. The van der Waals surface area contributed by atoms with Gasteiger partial charge in [-0.15, -0.1) is 0 Å². The van der Waals surface area contributed by atoms with Crippen LogP contribution in [0.15, 0.2) is 35.1 Å². The Balaban J connectivity index is 1.48. The Morgan fingerprint density at radius 2 is 2.07 bits per heavy atom. The maximum atomic E-state index is 12.8. The summed E-state index contributed by atoms with van der Waals surface area (Å²) in [5.74, 6) is 0.754. The molecule has 0 spiro atoms. The van der Waals surface area contributed by atoms with E-state index in [4.69, 9.17) is 9.72 Å². The predicted molar refractivity (Wildman–Crippen MR) is 111 cm³/mol. The third-order valence-corrected chi connectivity index (χ3v) is 6.06. The topological polar surface area (TPSA) is 75.3 Å². The summed E-state index contributed by atoms with van der Waals surface area (Å²) >= 11 is 0. The van der Waals surface area contributed by atoms with E-state index in [-0.39, 0.29) is 23.6 Å². The molecule has 154 valence electrons. The van der Waals surface area contributed by atoms with Crippen LogP contribution in [-0.2, 0) is 16.0 Å². The van der Waals surface area contributed by atoms with Gasteiger partial charge in [0.2, 0.25) is 5.91 Å². The van der Waals surface area contributed by atoms with Crippen LogP contribution in [0.1, 0.15) is 67.2 Å². The average molecular weight is 396 g/mol. The number of nitrogens with zero attached hydrogens (tertiary/aromatic N) is 2. The van der Waals surface area contributed by atoms with Crippen LogP contribution < -0.4 is 5.56 Å². The summed E-state index contributed by atoms with van der Waals surface area (Å²) in [5.41, 5.74) is 2.41. The lowest BCUT2D eigenvalue weighted by atomic mass is 10.0. The summed E-state index contributed by atoms with van der Waals surface area (Å²) < 4.78 is 5.64. The molecule has 0 unspecified atom stereocenters. The second-order valence-electron chi connectivity index (χ2n) is 8.10. The van der Waals surface area contributed by atoms with Crippen LogP contribution in [0.25, 0.3) is 0 Å². The van der Waals surface area contributed by atoms with Crippen LogP contribution in [0.5, 0.6) is 0 Å². The number of H-pyrrole nitrogens is 1. The van der Waals surface area contributed by atoms with Crippen molar-refractivity contribution in [3.8, 4) is 0 Å². The fourth-order valence-electron chi connectivity index (χ4n) is 4.45. The van der Waals surface area contributed by atoms with Gasteiger partial charge in [0.15, 0.2) is 0 Å². The van der Waals surface area contributed by atoms with Crippen molar-refractivity contribution >= 4 is 5.91 Å². The zero-order chi connectivity index (χ0) is 20.2. The number of ether oxygens (including phenoxy) is 1. The zero-order valence-corrected chi connectivity index (χ0v) is 17.0. The fourth-order valence-corrected chi connectivity index (χ4v) is 4.45. The Hall–Kier alpha value is -2.47. The van der Waals surface area contributed by atoms with Gasteiger partial charge in [-0.3, -0.25) is 9.59 Å². The lowest BCUT2D eigenvalue weighted by molar-refractivity contribution is -0.132. The Labute approximate surface area is 171 Å². The number of amides is 1. The largest absolute Gasteiger partial charge is 0.378 e. The average Bonchev–Trinajstić information content (AvgIpc) is 3.41. The number of nitrogens with one attached hydrogen (secondary N) is 1. The number of aryl methyl sites for hydroxylation is 1. The van der Waals surface area contributed by atoms with Crippen LogP contribution in [-0.4, -0.2) is 40.0 Å². The van der Waals surface area contributed by atoms with Crippen LogP contribution in [0, 0.1) is 6.92 Å². The van der Waals surface area contributed by atoms with E-state index in [2.05, 4.69) is 4.98 Å². The molecule has 1 N–H and O–H groups in total. The monoisotopic (exact) mass is 395 g/mol. The van der Waals surface area contributed by atoms with Crippen molar-refractivity contribution in [3.05, 3.63) is 63.3 Å². The minimum Gasteiger partial charge on any atom is -0.378 e. The van der Waals surface area contributed by atoms with Crippen molar-refractivity contribution in [1.82, 2.24) is 14.9 Å². The summed E-state index contributed by atoms with van der Waals surface area (Å²) in [6, 6.07) is 9.80. The molecular formula is C23H29N3O3. The van der Waals surface area contributed by atoms with Gasteiger partial charge < -0.3 is 14.6 Å². The molecule has 4 rings (SSSR count). The Morgan fingerprint density at radius 3 is 2.79 bits per heavy atom. The normalized spacial score (nSPS) is 21.6. The van der Waals surface area contributed by atoms with E-state index in [1.54, 1.807) is 0 Å². The first kappa shape index (κ1) is 19.8. The number of aromatic amines is 1. The highest BCUT2D eigenvalue weighted by atomic mass is 16.5. The number of hydrogen-bond donors (Lipinski definition) is 1. The Bertz CT molecular complexity index is 903. The maximum absolute atomic E-state index is 12.8. The van der Waals surface area contributed by atoms with Gasteiger partial charge in [-0.25, -0.2) is 4.98 Å². The quantitative estimate of drug-likeness (QED) is 0.814. The van der Waals surface area contributed by atoms with Crippen LogP contribution in [0.3, 0.4) is 0 Å². The van der Waals surface area contributed by atoms with Gasteiger partial charge >= 0.3 is 0 Å². The first-order valence-corrected chi connectivity index (χ1v) is 10.7. The highest BCUT2D eigenvalue weighted by molar-refractivity contribution is 5.77. The number of carbonyl (C=O) groups is 1. The Kier molecular flexibility index (Phi) is 6.09. The van der Waals surface area contributed by atoms with Gasteiger partial charge in [-0.2, -0.15) is 0 Å². The molecule has 29 heavy (non-hydrogen) atoms. The van der Waals surface area contributed by atoms with Crippen LogP contribution in [0.4, 0.5) is 0 Å². The minimum atomic E-state index is -0.135. The zero-order valence-electron chi connectivity index (χ0n) is 17.0. The highest BCUT2D eigenvalue weighted by Crippen LogP contribution is 2.31. The van der Waals surface area contributed by atoms with E-state index in [0.717, 1.165) is 56.5 Å². The summed E-state index contributed by atoms with van der Waals surface area (Å²) in [6.45, 7) is 3.42. The smallest absolute Gasteiger partial charge is 0.254 e. The van der Waals surface area contributed by atoms with E-state index in [0.29, 0.717) is 24.2 Å². The number of benzene rings is 1. The predicted octanol–water partition coefficient (Wildman–Crippen LogP) is 3.29. The standard InChI is InChI=1S/C23H29N3O3/c1-16-19(15-17-7-3-2-4-8-17)23(28)25-22(24-16)20-10-5-13-26(20)21(27)12-11-18-9-6-14-29-18/h2-4,7-8,18,20H,5-6,9-15H2,1H3,(H,24,25,28)/t18-,20-/m0/s1. The molecule has 1 aromatic heterocycles. The molecule has 2 atom stereocenters. The summed E-state index contributed by atoms with van der Waals surface area (Å²) in [5, 5.41) is 0. The second kappa shape index (κ2) is 8.91. The van der Waals surface area contributed by atoms with Crippen molar-refractivity contribution in [3.63, 3.8) is 0 Å². The van der Waals surface area contributed by atoms with Gasteiger partial charge in [0.25, 0.3) is 5.56 Å². The highest BCUT2D eigenvalue weighted by Gasteiger charge is 2.32. The molecule has 1 amide bonds. The molecule has 0 saturated carbocycles. The number of rotatable bonds is 6. The third kappa shape index (κ3) is 4.58. The van der Waals surface area contributed by atoms with Crippen LogP contribution >= 0.6 is 0 Å². The lowest BCUT2D eigenvalue weighted by Gasteiger charge is -2.25. The SMILES string of the molecule is Cc1nc([C@@H]2CCCN2C(=O)CC[C@@H]2CCCO2)[nH]c(=O)c1Cc1ccccc1. The van der Waals surface area contributed by atoms with E-state index in [1.807, 2.05) is 42.2 Å². The lowest BCUT2D eigenvalue weighted by Crippen LogP contribution is -2.33. The molecule has 6 heteroatoms. The maximum Gasteiger partial charge on any atom is 0.254 e. The molecule has 6 nitrogen and oxygen atoms in total. The number of likely N-dealkylation sites (tertiary alicyclic amines) is 1. The second-order valence-corrected chi connectivity index (χ2v) is 8.10. The molecule has 0 radical (unpaired) electrons. The summed E-state index contributed by atoms with van der Waals surface area (Å²) in [7, 11) is 0. The van der Waals surface area contributed by atoms with Crippen LogP contribution in [0.2, 0.25) is 0 Å². The molecule has 2 aliphatic heterocycles.